The Morgan fingerprint density at radius 2 is 2.09 bits per heavy atom. The van der Waals surface area contributed by atoms with Crippen LogP contribution in [0.2, 0.25) is 0 Å². The van der Waals surface area contributed by atoms with Gasteiger partial charge < -0.3 is 25.7 Å². The number of aromatic nitrogens is 1. The van der Waals surface area contributed by atoms with E-state index in [0.717, 1.165) is 23.0 Å². The van der Waals surface area contributed by atoms with E-state index in [1.54, 1.807) is 6.08 Å². The number of ether oxygens (including phenoxy) is 1. The number of morpholine rings is 1. The fraction of sp³-hybridized carbons (Fsp3) is 0.364. The number of carbonyl (C=O) groups is 1. The van der Waals surface area contributed by atoms with E-state index in [4.69, 9.17) is 10.5 Å². The van der Waals surface area contributed by atoms with E-state index in [-0.39, 0.29) is 31.0 Å². The summed E-state index contributed by atoms with van der Waals surface area (Å²) >= 11 is 0. The van der Waals surface area contributed by atoms with E-state index < -0.39 is 17.8 Å². The second kappa shape index (κ2) is 11.4. The molecule has 7 nitrogen and oxygen atoms in total. The third-order valence-electron chi connectivity index (χ3n) is 4.90. The molecule has 0 aromatic carbocycles. The van der Waals surface area contributed by atoms with Crippen LogP contribution < -0.4 is 11.1 Å². The van der Waals surface area contributed by atoms with Gasteiger partial charge in [-0.15, -0.1) is 0 Å². The van der Waals surface area contributed by atoms with Gasteiger partial charge in [0.15, 0.2) is 0 Å². The second-order valence-corrected chi connectivity index (χ2v) is 7.01. The highest BCUT2D eigenvalue weighted by molar-refractivity contribution is 6.20. The van der Waals surface area contributed by atoms with Crippen molar-refractivity contribution in [2.24, 2.45) is 10.7 Å². The molecule has 0 radical (unpaired) electrons. The minimum Gasteiger partial charge on any atom is -0.404 e. The Morgan fingerprint density at radius 1 is 1.41 bits per heavy atom. The number of halogens is 3. The summed E-state index contributed by atoms with van der Waals surface area (Å²) in [5.41, 5.74) is 7.13. The smallest absolute Gasteiger partial charge is 0.404 e. The topological polar surface area (TPSA) is 95.7 Å². The van der Waals surface area contributed by atoms with Crippen molar-refractivity contribution in [1.29, 1.82) is 0 Å². The van der Waals surface area contributed by atoms with Gasteiger partial charge in [0, 0.05) is 37.7 Å². The molecular weight excluding hydrogens is 423 g/mol. The van der Waals surface area contributed by atoms with Gasteiger partial charge in [0.2, 0.25) is 0 Å². The summed E-state index contributed by atoms with van der Waals surface area (Å²) in [6.45, 7) is 9.98. The van der Waals surface area contributed by atoms with Crippen LogP contribution in [0.5, 0.6) is 0 Å². The number of H-pyrrole nitrogens is 1. The molecule has 4 N–H and O–H groups in total. The molecule has 0 unspecified atom stereocenters. The fourth-order valence-electron chi connectivity index (χ4n) is 3.08. The van der Waals surface area contributed by atoms with Gasteiger partial charge in [0.1, 0.15) is 11.5 Å². The SMILES string of the molecule is C=C/C=C\c1[nH]cc(CCNC(=O)C(=C/N)/C(=N\C(=C)C(F)(F)F)N2CCOCC2)c1C. The number of hydrogen-bond acceptors (Lipinski definition) is 4. The number of hydrogen-bond donors (Lipinski definition) is 3. The van der Waals surface area contributed by atoms with Crippen molar-refractivity contribution in [3.05, 3.63) is 65.8 Å². The van der Waals surface area contributed by atoms with E-state index >= 15 is 0 Å². The Balaban J connectivity index is 2.13. The Kier molecular flexibility index (Phi) is 8.89. The number of nitrogens with one attached hydrogen (secondary N) is 2. The summed E-state index contributed by atoms with van der Waals surface area (Å²) < 4.78 is 44.4. The minimum absolute atomic E-state index is 0.155. The normalized spacial score (nSPS) is 15.8. The lowest BCUT2D eigenvalue weighted by Crippen LogP contribution is -2.45. The number of nitrogens with two attached hydrogens (primary N) is 1. The van der Waals surface area contributed by atoms with Crippen molar-refractivity contribution >= 4 is 17.8 Å². The number of aromatic amines is 1. The van der Waals surface area contributed by atoms with Crippen LogP contribution in [0.4, 0.5) is 13.2 Å². The predicted octanol–water partition coefficient (Wildman–Crippen LogP) is 2.83. The first-order valence-corrected chi connectivity index (χ1v) is 10.0. The first-order chi connectivity index (χ1) is 15.2. The number of nitrogens with zero attached hydrogens (tertiary/aromatic N) is 2. The standard InChI is InChI=1S/C22H28F3N5O2/c1-4-5-6-19-15(2)17(14-28-19)7-8-27-21(31)18(13-26)20(29-16(3)22(23,24)25)30-9-11-32-12-10-30/h4-6,13-14,28H,1,3,7-12,26H2,2H3,(H,27,31)/b6-5-,18-13+,29-20+. The number of rotatable bonds is 8. The van der Waals surface area contributed by atoms with Gasteiger partial charge in [-0.05, 0) is 30.5 Å². The molecule has 1 amide bonds. The molecule has 174 valence electrons. The first kappa shape index (κ1) is 25.0. The Bertz CT molecular complexity index is 922. The van der Waals surface area contributed by atoms with E-state index in [2.05, 4.69) is 28.5 Å². The lowest BCUT2D eigenvalue weighted by Gasteiger charge is -2.30. The first-order valence-electron chi connectivity index (χ1n) is 10.0. The average Bonchev–Trinajstić information content (AvgIpc) is 3.11. The molecule has 2 rings (SSSR count). The van der Waals surface area contributed by atoms with Crippen molar-refractivity contribution in [1.82, 2.24) is 15.2 Å². The third kappa shape index (κ3) is 6.61. The van der Waals surface area contributed by atoms with E-state index in [1.807, 2.05) is 25.3 Å². The van der Waals surface area contributed by atoms with Crippen molar-refractivity contribution in [3.63, 3.8) is 0 Å². The molecule has 0 aliphatic carbocycles. The quantitative estimate of drug-likeness (QED) is 0.245. The summed E-state index contributed by atoms with van der Waals surface area (Å²) in [7, 11) is 0. The predicted molar refractivity (Wildman–Crippen MR) is 119 cm³/mol. The number of aliphatic imine (C=N–C) groups is 1. The van der Waals surface area contributed by atoms with Crippen molar-refractivity contribution < 1.29 is 22.7 Å². The fourth-order valence-corrected chi connectivity index (χ4v) is 3.08. The third-order valence-corrected chi connectivity index (χ3v) is 4.90. The van der Waals surface area contributed by atoms with Gasteiger partial charge in [0.25, 0.3) is 5.91 Å². The summed E-state index contributed by atoms with van der Waals surface area (Å²) in [6.07, 6.45) is 3.97. The zero-order chi connectivity index (χ0) is 23.7. The maximum Gasteiger partial charge on any atom is 0.432 e. The van der Waals surface area contributed by atoms with Crippen LogP contribution in [-0.4, -0.2) is 60.7 Å². The van der Waals surface area contributed by atoms with Crippen LogP contribution in [0.25, 0.3) is 6.08 Å². The van der Waals surface area contributed by atoms with Crippen molar-refractivity contribution in [2.45, 2.75) is 19.5 Å². The van der Waals surface area contributed by atoms with Crippen LogP contribution in [0.3, 0.4) is 0 Å². The summed E-state index contributed by atoms with van der Waals surface area (Å²) in [4.78, 5) is 21.1. The van der Waals surface area contributed by atoms with Crippen molar-refractivity contribution in [2.75, 3.05) is 32.8 Å². The average molecular weight is 451 g/mol. The monoisotopic (exact) mass is 451 g/mol. The highest BCUT2D eigenvalue weighted by atomic mass is 19.4. The maximum absolute atomic E-state index is 13.0. The van der Waals surface area contributed by atoms with Crippen LogP contribution >= 0.6 is 0 Å². The number of amidine groups is 1. The van der Waals surface area contributed by atoms with Gasteiger partial charge in [0.05, 0.1) is 18.8 Å². The molecule has 0 bridgehead atoms. The summed E-state index contributed by atoms with van der Waals surface area (Å²) in [5, 5.41) is 2.71. The van der Waals surface area contributed by atoms with E-state index in [9.17, 15) is 18.0 Å². The van der Waals surface area contributed by atoms with Crippen LogP contribution in [-0.2, 0) is 16.0 Å². The molecule has 1 aromatic heterocycles. The highest BCUT2D eigenvalue weighted by Crippen LogP contribution is 2.26. The van der Waals surface area contributed by atoms with E-state index in [0.29, 0.717) is 19.6 Å². The second-order valence-electron chi connectivity index (χ2n) is 7.01. The lowest BCUT2D eigenvalue weighted by molar-refractivity contribution is -0.117. The molecule has 2 heterocycles. The number of alkyl halides is 3. The molecule has 1 saturated heterocycles. The molecule has 0 atom stereocenters. The summed E-state index contributed by atoms with van der Waals surface area (Å²) in [6, 6.07) is 0. The lowest BCUT2D eigenvalue weighted by atomic mass is 10.1. The van der Waals surface area contributed by atoms with Gasteiger partial charge in [-0.2, -0.15) is 13.2 Å². The largest absolute Gasteiger partial charge is 0.432 e. The maximum atomic E-state index is 13.0. The van der Waals surface area contributed by atoms with Gasteiger partial charge in [-0.25, -0.2) is 4.99 Å². The van der Waals surface area contributed by atoms with Gasteiger partial charge in [-0.3, -0.25) is 4.79 Å². The van der Waals surface area contributed by atoms with E-state index in [1.165, 1.54) is 4.90 Å². The minimum atomic E-state index is -4.72. The Morgan fingerprint density at radius 3 is 2.69 bits per heavy atom. The number of carbonyl (C=O) groups excluding carboxylic acids is 1. The Labute approximate surface area is 185 Å². The molecular formula is C22H28F3N5O2. The molecule has 32 heavy (non-hydrogen) atoms. The number of amides is 1. The van der Waals surface area contributed by atoms with Crippen LogP contribution in [0, 0.1) is 6.92 Å². The molecule has 1 fully saturated rings. The van der Waals surface area contributed by atoms with Gasteiger partial charge in [-0.1, -0.05) is 25.3 Å². The number of allylic oxidation sites excluding steroid dienone is 3. The highest BCUT2D eigenvalue weighted by Gasteiger charge is 2.34. The zero-order valence-electron chi connectivity index (χ0n) is 18.0. The van der Waals surface area contributed by atoms with Crippen molar-refractivity contribution in [3.8, 4) is 0 Å². The molecule has 10 heteroatoms. The molecule has 1 aliphatic rings. The zero-order valence-corrected chi connectivity index (χ0v) is 18.0. The molecule has 1 aliphatic heterocycles. The molecule has 0 saturated carbocycles. The van der Waals surface area contributed by atoms with Crippen LogP contribution in [0.1, 0.15) is 16.8 Å². The summed E-state index contributed by atoms with van der Waals surface area (Å²) in [5.74, 6) is -0.794. The molecule has 1 aromatic rings. The van der Waals surface area contributed by atoms with Crippen LogP contribution in [0.15, 0.2) is 54.0 Å². The Hall–Kier alpha value is -3.27. The van der Waals surface area contributed by atoms with Gasteiger partial charge >= 0.3 is 6.18 Å². The molecule has 0 spiro atoms.